The van der Waals surface area contributed by atoms with Gasteiger partial charge in [0.05, 0.1) is 12.3 Å². The third-order valence-electron chi connectivity index (χ3n) is 7.50. The van der Waals surface area contributed by atoms with Crippen LogP contribution in [-0.2, 0) is 10.2 Å². The molecule has 1 aliphatic heterocycles. The second-order valence-corrected chi connectivity index (χ2v) is 10.4. The van der Waals surface area contributed by atoms with Gasteiger partial charge in [-0.15, -0.1) is 0 Å². The molecule has 1 N–H and O–H groups in total. The highest BCUT2D eigenvalue weighted by atomic mass is 35.5. The van der Waals surface area contributed by atoms with Crippen LogP contribution in [0, 0.1) is 18.2 Å². The monoisotopic (exact) mass is 467 g/mol. The number of aromatic nitrogens is 1. The summed E-state index contributed by atoms with van der Waals surface area (Å²) in [6, 6.07) is 10.1. The van der Waals surface area contributed by atoms with Crippen LogP contribution in [0.5, 0.6) is 5.75 Å². The number of carbonyl (C=O) groups is 1. The van der Waals surface area contributed by atoms with E-state index in [0.29, 0.717) is 45.5 Å². The van der Waals surface area contributed by atoms with Gasteiger partial charge >= 0.3 is 0 Å². The van der Waals surface area contributed by atoms with Crippen LogP contribution in [0.15, 0.2) is 47.0 Å². The first-order valence-corrected chi connectivity index (χ1v) is 11.5. The number of aryl methyl sites for hydroxylation is 1. The number of ether oxygens (including phenoxy) is 1. The number of nitrogens with zero attached hydrogens (tertiary/aromatic N) is 1. The largest absolute Gasteiger partial charge is 0.482 e. The topological polar surface area (TPSA) is 72.6 Å². The van der Waals surface area contributed by atoms with Gasteiger partial charge in [-0.2, -0.15) is 0 Å². The Morgan fingerprint density at radius 3 is 2.79 bits per heavy atom. The van der Waals surface area contributed by atoms with Crippen molar-refractivity contribution < 1.29 is 23.4 Å². The fourth-order valence-corrected chi connectivity index (χ4v) is 6.09. The number of hydrogen-bond acceptors (Lipinski definition) is 5. The summed E-state index contributed by atoms with van der Waals surface area (Å²) in [6.07, 6.45) is 3.43. The minimum absolute atomic E-state index is 0.0196. The van der Waals surface area contributed by atoms with Gasteiger partial charge in [0.25, 0.3) is 0 Å². The lowest BCUT2D eigenvalue weighted by Crippen LogP contribution is -2.65. The highest BCUT2D eigenvalue weighted by Gasteiger charge is 2.71. The summed E-state index contributed by atoms with van der Waals surface area (Å²) >= 11 is 6.01. The Morgan fingerprint density at radius 2 is 2.03 bits per heavy atom. The molecule has 170 valence electrons. The number of halogens is 2. The standard InChI is InChI=1S/C26H23ClFNO4/c1-14-2-3-15(6-18(14)28)23-10-29-24(33-23)26-11-25(12-26,13-26)9-20(31)22-8-19(30)17-7-16(27)4-5-21(17)32-22/h2-7,10,19,22,30H,8-9,11-13H2,1H3/t19-,22-,25?,26?/m1/s1. The molecular formula is C26H23ClFNO4. The van der Waals surface area contributed by atoms with E-state index in [1.165, 1.54) is 6.07 Å². The van der Waals surface area contributed by atoms with E-state index >= 15 is 0 Å². The van der Waals surface area contributed by atoms with Crippen molar-refractivity contribution in [3.8, 4) is 17.1 Å². The zero-order valence-corrected chi connectivity index (χ0v) is 18.9. The van der Waals surface area contributed by atoms with E-state index in [9.17, 15) is 14.3 Å². The minimum Gasteiger partial charge on any atom is -0.482 e. The Bertz CT molecular complexity index is 1270. The Morgan fingerprint density at radius 1 is 1.24 bits per heavy atom. The molecule has 2 atom stereocenters. The maximum absolute atomic E-state index is 13.9. The number of ketones is 1. The first kappa shape index (κ1) is 20.9. The van der Waals surface area contributed by atoms with Crippen molar-refractivity contribution in [3.05, 3.63) is 70.5 Å². The number of benzene rings is 2. The number of oxazole rings is 1. The number of aliphatic hydroxyl groups excluding tert-OH is 1. The van der Waals surface area contributed by atoms with E-state index in [1.807, 2.05) is 6.07 Å². The number of rotatable bonds is 5. The van der Waals surface area contributed by atoms with Crippen molar-refractivity contribution in [3.63, 3.8) is 0 Å². The van der Waals surface area contributed by atoms with E-state index < -0.39 is 12.2 Å². The maximum Gasteiger partial charge on any atom is 0.201 e. The molecule has 7 rings (SSSR count). The van der Waals surface area contributed by atoms with Crippen LogP contribution < -0.4 is 4.74 Å². The average Bonchev–Trinajstić information content (AvgIpc) is 3.21. The Labute approximate surface area is 195 Å². The first-order valence-electron chi connectivity index (χ1n) is 11.2. The summed E-state index contributed by atoms with van der Waals surface area (Å²) in [5.41, 5.74) is 1.72. The predicted molar refractivity (Wildman–Crippen MR) is 120 cm³/mol. The molecule has 5 nitrogen and oxygen atoms in total. The summed E-state index contributed by atoms with van der Waals surface area (Å²) < 4.78 is 25.8. The SMILES string of the molecule is Cc1ccc(-c2cnc(C34CC(CC(=O)[C@H]5C[C@@H](O)c6cc(Cl)ccc6O5)(C3)C4)o2)cc1F. The van der Waals surface area contributed by atoms with Crippen molar-refractivity contribution in [2.45, 2.75) is 56.7 Å². The van der Waals surface area contributed by atoms with Gasteiger partial charge in [-0.3, -0.25) is 4.79 Å². The van der Waals surface area contributed by atoms with Crippen LogP contribution >= 0.6 is 11.6 Å². The molecule has 2 bridgehead atoms. The van der Waals surface area contributed by atoms with Gasteiger partial charge in [-0.1, -0.05) is 23.7 Å². The van der Waals surface area contributed by atoms with Crippen LogP contribution in [0.2, 0.25) is 5.02 Å². The lowest BCUT2D eigenvalue weighted by atomic mass is 9.34. The van der Waals surface area contributed by atoms with Gasteiger partial charge in [0.2, 0.25) is 5.89 Å². The second-order valence-electron chi connectivity index (χ2n) is 9.99. The molecule has 0 unspecified atom stereocenters. The summed E-state index contributed by atoms with van der Waals surface area (Å²) in [4.78, 5) is 17.5. The maximum atomic E-state index is 13.9. The van der Waals surface area contributed by atoms with Gasteiger partial charge < -0.3 is 14.3 Å². The lowest BCUT2D eigenvalue weighted by molar-refractivity contribution is -0.171. The quantitative estimate of drug-likeness (QED) is 0.520. The van der Waals surface area contributed by atoms with Gasteiger partial charge in [0, 0.05) is 34.4 Å². The molecular weight excluding hydrogens is 445 g/mol. The van der Waals surface area contributed by atoms with Crippen LogP contribution in [0.1, 0.15) is 55.2 Å². The molecule has 3 saturated carbocycles. The smallest absolute Gasteiger partial charge is 0.201 e. The average molecular weight is 468 g/mol. The molecule has 1 aromatic heterocycles. The van der Waals surface area contributed by atoms with Crippen LogP contribution in [-0.4, -0.2) is 22.0 Å². The fourth-order valence-electron chi connectivity index (χ4n) is 5.91. The summed E-state index contributed by atoms with van der Waals surface area (Å²) in [7, 11) is 0. The molecule has 3 aliphatic carbocycles. The van der Waals surface area contributed by atoms with Crippen molar-refractivity contribution in [1.29, 1.82) is 0 Å². The van der Waals surface area contributed by atoms with Crippen molar-refractivity contribution in [2.24, 2.45) is 5.41 Å². The van der Waals surface area contributed by atoms with Crippen molar-refractivity contribution in [1.82, 2.24) is 4.98 Å². The normalized spacial score (nSPS) is 29.5. The zero-order chi connectivity index (χ0) is 23.0. The molecule has 0 saturated heterocycles. The zero-order valence-electron chi connectivity index (χ0n) is 18.1. The third kappa shape index (κ3) is 3.30. The highest BCUT2D eigenvalue weighted by molar-refractivity contribution is 6.30. The Kier molecular flexibility index (Phi) is 4.52. The summed E-state index contributed by atoms with van der Waals surface area (Å²) in [5.74, 6) is 1.50. The fraction of sp³-hybridized carbons (Fsp3) is 0.385. The minimum atomic E-state index is -0.766. The molecule has 2 aromatic carbocycles. The van der Waals surface area contributed by atoms with E-state index in [2.05, 4.69) is 4.98 Å². The molecule has 3 aromatic rings. The van der Waals surface area contributed by atoms with Gasteiger partial charge in [0.1, 0.15) is 11.6 Å². The summed E-state index contributed by atoms with van der Waals surface area (Å²) in [5, 5.41) is 11.0. The number of Topliss-reactive ketones (excluding diaryl/α,β-unsaturated/α-hetero) is 1. The van der Waals surface area contributed by atoms with E-state index in [-0.39, 0.29) is 28.9 Å². The lowest BCUT2D eigenvalue weighted by Gasteiger charge is -2.69. The van der Waals surface area contributed by atoms with Crippen molar-refractivity contribution in [2.75, 3.05) is 0 Å². The number of fused-ring (bicyclic) bond motifs is 1. The molecule has 0 amide bonds. The highest BCUT2D eigenvalue weighted by Crippen LogP contribution is 2.75. The Hall–Kier alpha value is -2.70. The Balaban J connectivity index is 1.11. The third-order valence-corrected chi connectivity index (χ3v) is 7.74. The predicted octanol–water partition coefficient (Wildman–Crippen LogP) is 5.71. The number of hydrogen-bond donors (Lipinski definition) is 1. The van der Waals surface area contributed by atoms with Crippen LogP contribution in [0.3, 0.4) is 0 Å². The van der Waals surface area contributed by atoms with Crippen LogP contribution in [0.4, 0.5) is 4.39 Å². The van der Waals surface area contributed by atoms with E-state index in [4.69, 9.17) is 20.8 Å². The van der Waals surface area contributed by atoms with Gasteiger partial charge in [-0.25, -0.2) is 9.37 Å². The molecule has 0 spiro atoms. The molecule has 0 radical (unpaired) electrons. The number of aliphatic hydroxyl groups is 1. The first-order chi connectivity index (χ1) is 15.8. The van der Waals surface area contributed by atoms with Crippen LogP contribution in [0.25, 0.3) is 11.3 Å². The van der Waals surface area contributed by atoms with E-state index in [0.717, 1.165) is 19.3 Å². The van der Waals surface area contributed by atoms with Crippen molar-refractivity contribution >= 4 is 17.4 Å². The van der Waals surface area contributed by atoms with Gasteiger partial charge in [-0.05, 0) is 61.4 Å². The molecule has 2 heterocycles. The number of carbonyl (C=O) groups excluding carboxylic acids is 1. The van der Waals surface area contributed by atoms with E-state index in [1.54, 1.807) is 37.4 Å². The molecule has 4 aliphatic rings. The van der Waals surface area contributed by atoms with Gasteiger partial charge in [0.15, 0.2) is 17.6 Å². The molecule has 7 heteroatoms. The summed E-state index contributed by atoms with van der Waals surface area (Å²) in [6.45, 7) is 1.72. The molecule has 3 fully saturated rings. The second kappa shape index (κ2) is 7.15. The molecule has 33 heavy (non-hydrogen) atoms.